The zero-order valence-electron chi connectivity index (χ0n) is 13.6. The number of thiazole rings is 1. The Labute approximate surface area is 138 Å². The highest BCUT2D eigenvalue weighted by Crippen LogP contribution is 2.34. The number of nitrogens with two attached hydrogens (primary N) is 1. The van der Waals surface area contributed by atoms with Crippen LogP contribution in [0.3, 0.4) is 0 Å². The molecule has 0 bridgehead atoms. The van der Waals surface area contributed by atoms with Crippen molar-refractivity contribution in [1.29, 1.82) is 0 Å². The van der Waals surface area contributed by atoms with E-state index in [2.05, 4.69) is 40.8 Å². The summed E-state index contributed by atoms with van der Waals surface area (Å²) in [7, 11) is 0. The Bertz CT molecular complexity index is 703. The van der Waals surface area contributed by atoms with Crippen LogP contribution in [0.4, 0.5) is 0 Å². The molecule has 1 fully saturated rings. The molecule has 124 valence electrons. The smallest absolute Gasteiger partial charge is 0.290 e. The predicted molar refractivity (Wildman–Crippen MR) is 86.0 cm³/mol. The first-order chi connectivity index (χ1) is 10.8. The molecule has 3 rings (SSSR count). The SMILES string of the molecule is CC(C)(C)c1ncc(CN2CCCC2c2nc(C(N)=O)no2)s1. The number of carbonyl (C=O) groups is 1. The van der Waals surface area contributed by atoms with Crippen molar-refractivity contribution in [3.05, 3.63) is 27.8 Å². The van der Waals surface area contributed by atoms with Crippen LogP contribution < -0.4 is 5.73 Å². The van der Waals surface area contributed by atoms with E-state index in [-0.39, 0.29) is 17.3 Å². The third kappa shape index (κ3) is 3.42. The number of hydrogen-bond acceptors (Lipinski definition) is 7. The maximum atomic E-state index is 11.1. The van der Waals surface area contributed by atoms with Gasteiger partial charge in [0.05, 0.1) is 11.0 Å². The van der Waals surface area contributed by atoms with Crippen molar-refractivity contribution in [1.82, 2.24) is 20.0 Å². The van der Waals surface area contributed by atoms with Crippen LogP contribution in [0.2, 0.25) is 0 Å². The minimum Gasteiger partial charge on any atom is -0.363 e. The van der Waals surface area contributed by atoms with Gasteiger partial charge in [-0.2, -0.15) is 4.98 Å². The van der Waals surface area contributed by atoms with Crippen molar-refractivity contribution < 1.29 is 9.32 Å². The molecule has 2 N–H and O–H groups in total. The number of primary amides is 1. The fourth-order valence-corrected chi connectivity index (χ4v) is 3.69. The molecule has 0 aliphatic carbocycles. The Morgan fingerprint density at radius 3 is 2.91 bits per heavy atom. The number of hydrogen-bond donors (Lipinski definition) is 1. The van der Waals surface area contributed by atoms with Gasteiger partial charge >= 0.3 is 0 Å². The third-order valence-corrected chi connectivity index (χ3v) is 5.27. The standard InChI is InChI=1S/C15H21N5O2S/c1-15(2,3)14-17-7-9(23-14)8-20-6-4-5-10(20)13-18-12(11(16)21)19-22-13/h7,10H,4-6,8H2,1-3H3,(H2,16,21). The summed E-state index contributed by atoms with van der Waals surface area (Å²) in [5.74, 6) is -0.252. The second-order valence-corrected chi connectivity index (χ2v) is 7.95. The van der Waals surface area contributed by atoms with Gasteiger partial charge in [-0.1, -0.05) is 25.9 Å². The summed E-state index contributed by atoms with van der Waals surface area (Å²) in [4.78, 5) is 23.3. The van der Waals surface area contributed by atoms with E-state index in [1.807, 2.05) is 6.20 Å². The molecule has 1 amide bonds. The molecule has 1 unspecified atom stereocenters. The Balaban J connectivity index is 1.74. The maximum absolute atomic E-state index is 11.1. The monoisotopic (exact) mass is 335 g/mol. The van der Waals surface area contributed by atoms with E-state index in [0.29, 0.717) is 5.89 Å². The normalized spacial score (nSPS) is 19.3. The van der Waals surface area contributed by atoms with Crippen molar-refractivity contribution >= 4 is 17.2 Å². The van der Waals surface area contributed by atoms with Gasteiger partial charge in [-0.25, -0.2) is 4.98 Å². The summed E-state index contributed by atoms with van der Waals surface area (Å²) >= 11 is 1.74. The molecule has 1 saturated heterocycles. The van der Waals surface area contributed by atoms with Crippen LogP contribution in [0, 0.1) is 0 Å². The van der Waals surface area contributed by atoms with Crippen LogP contribution >= 0.6 is 11.3 Å². The molecule has 23 heavy (non-hydrogen) atoms. The first-order valence-electron chi connectivity index (χ1n) is 7.67. The lowest BCUT2D eigenvalue weighted by molar-refractivity contribution is 0.0987. The third-order valence-electron chi connectivity index (χ3n) is 3.86. The molecule has 2 aromatic heterocycles. The summed E-state index contributed by atoms with van der Waals surface area (Å²) in [5.41, 5.74) is 5.25. The van der Waals surface area contributed by atoms with Gasteiger partial charge in [-0.15, -0.1) is 11.3 Å². The Morgan fingerprint density at radius 1 is 1.52 bits per heavy atom. The first-order valence-corrected chi connectivity index (χ1v) is 8.49. The summed E-state index contributed by atoms with van der Waals surface area (Å²) in [5, 5.41) is 4.78. The summed E-state index contributed by atoms with van der Waals surface area (Å²) in [6, 6.07) is 0.0378. The number of rotatable bonds is 4. The van der Waals surface area contributed by atoms with Gasteiger partial charge in [0, 0.05) is 23.0 Å². The maximum Gasteiger partial charge on any atom is 0.290 e. The van der Waals surface area contributed by atoms with Crippen LogP contribution in [0.15, 0.2) is 10.7 Å². The highest BCUT2D eigenvalue weighted by molar-refractivity contribution is 7.11. The molecule has 8 heteroatoms. The van der Waals surface area contributed by atoms with E-state index in [4.69, 9.17) is 10.3 Å². The molecule has 1 aliphatic rings. The Hall–Kier alpha value is -1.80. The van der Waals surface area contributed by atoms with Crippen molar-refractivity contribution in [2.45, 2.75) is 51.6 Å². The topological polar surface area (TPSA) is 98.1 Å². The molecular formula is C15H21N5O2S. The quantitative estimate of drug-likeness (QED) is 0.920. The van der Waals surface area contributed by atoms with E-state index in [1.54, 1.807) is 11.3 Å². The summed E-state index contributed by atoms with van der Waals surface area (Å²) in [6.45, 7) is 8.25. The first kappa shape index (κ1) is 16.1. The van der Waals surface area contributed by atoms with Gasteiger partial charge < -0.3 is 10.3 Å². The van der Waals surface area contributed by atoms with Crippen LogP contribution in [0.25, 0.3) is 0 Å². The van der Waals surface area contributed by atoms with Crippen LogP contribution in [-0.2, 0) is 12.0 Å². The van der Waals surface area contributed by atoms with E-state index in [1.165, 1.54) is 4.88 Å². The van der Waals surface area contributed by atoms with Crippen molar-refractivity contribution in [2.24, 2.45) is 5.73 Å². The number of aromatic nitrogens is 3. The van der Waals surface area contributed by atoms with E-state index >= 15 is 0 Å². The van der Waals surface area contributed by atoms with Gasteiger partial charge in [0.15, 0.2) is 0 Å². The van der Waals surface area contributed by atoms with Gasteiger partial charge in [-0.05, 0) is 19.4 Å². The van der Waals surface area contributed by atoms with E-state index < -0.39 is 5.91 Å². The zero-order chi connectivity index (χ0) is 16.6. The van der Waals surface area contributed by atoms with Gasteiger partial charge in [0.25, 0.3) is 11.7 Å². The fraction of sp³-hybridized carbons (Fsp3) is 0.600. The van der Waals surface area contributed by atoms with Gasteiger partial charge in [0.1, 0.15) is 0 Å². The highest BCUT2D eigenvalue weighted by Gasteiger charge is 2.32. The molecular weight excluding hydrogens is 314 g/mol. The Kier molecular flexibility index (Phi) is 4.20. The largest absolute Gasteiger partial charge is 0.363 e. The van der Waals surface area contributed by atoms with E-state index in [0.717, 1.165) is 30.9 Å². The molecule has 0 spiro atoms. The van der Waals surface area contributed by atoms with Crippen LogP contribution in [0.5, 0.6) is 0 Å². The zero-order valence-corrected chi connectivity index (χ0v) is 14.4. The van der Waals surface area contributed by atoms with Gasteiger partial charge in [0.2, 0.25) is 5.89 Å². The average molecular weight is 335 g/mol. The number of amides is 1. The number of carbonyl (C=O) groups excluding carboxylic acids is 1. The van der Waals surface area contributed by atoms with Crippen LogP contribution in [0.1, 0.15) is 66.0 Å². The molecule has 0 saturated carbocycles. The molecule has 2 aromatic rings. The summed E-state index contributed by atoms with van der Waals surface area (Å²) in [6.07, 6.45) is 3.94. The molecule has 0 aromatic carbocycles. The minimum atomic E-state index is -0.665. The fourth-order valence-electron chi connectivity index (χ4n) is 2.69. The van der Waals surface area contributed by atoms with Gasteiger partial charge in [-0.3, -0.25) is 9.69 Å². The second-order valence-electron chi connectivity index (χ2n) is 6.83. The highest BCUT2D eigenvalue weighted by atomic mass is 32.1. The molecule has 1 atom stereocenters. The average Bonchev–Trinajstić information content (AvgIpc) is 3.17. The molecule has 3 heterocycles. The molecule has 1 aliphatic heterocycles. The van der Waals surface area contributed by atoms with Crippen LogP contribution in [-0.4, -0.2) is 32.5 Å². The Morgan fingerprint density at radius 2 is 2.30 bits per heavy atom. The lowest BCUT2D eigenvalue weighted by Gasteiger charge is -2.20. The minimum absolute atomic E-state index is 0.0378. The van der Waals surface area contributed by atoms with E-state index in [9.17, 15) is 4.79 Å². The lowest BCUT2D eigenvalue weighted by Crippen LogP contribution is -2.22. The molecule has 7 nitrogen and oxygen atoms in total. The second kappa shape index (κ2) is 6.01. The van der Waals surface area contributed by atoms with Crippen molar-refractivity contribution in [2.75, 3.05) is 6.54 Å². The lowest BCUT2D eigenvalue weighted by atomic mass is 9.98. The van der Waals surface area contributed by atoms with Crippen molar-refractivity contribution in [3.8, 4) is 0 Å². The molecule has 0 radical (unpaired) electrons. The number of likely N-dealkylation sites (tertiary alicyclic amines) is 1. The predicted octanol–water partition coefficient (Wildman–Crippen LogP) is 2.26. The van der Waals surface area contributed by atoms with Crippen molar-refractivity contribution in [3.63, 3.8) is 0 Å². The number of nitrogens with zero attached hydrogens (tertiary/aromatic N) is 4. The summed E-state index contributed by atoms with van der Waals surface area (Å²) < 4.78 is 5.22.